The van der Waals surface area contributed by atoms with Crippen molar-refractivity contribution < 1.29 is 4.21 Å². The van der Waals surface area contributed by atoms with Gasteiger partial charge in [0.05, 0.1) is 43.4 Å². The summed E-state index contributed by atoms with van der Waals surface area (Å²) in [6.45, 7) is 0. The van der Waals surface area contributed by atoms with Crippen LogP contribution in [0.3, 0.4) is 0 Å². The summed E-state index contributed by atoms with van der Waals surface area (Å²) in [5.74, 6) is 1.46. The number of aromatic nitrogens is 4. The second-order valence-electron chi connectivity index (χ2n) is 15.3. The summed E-state index contributed by atoms with van der Waals surface area (Å²) in [4.78, 5) is 26.4. The van der Waals surface area contributed by atoms with E-state index in [2.05, 4.69) is 95.9 Å². The first-order valence-corrected chi connectivity index (χ1v) is 22.2. The van der Waals surface area contributed by atoms with E-state index in [0.29, 0.717) is 22.5 Å². The minimum Gasteiger partial charge on any atom is -0.310 e. The molecule has 0 saturated carbocycles. The van der Waals surface area contributed by atoms with Crippen LogP contribution in [0.15, 0.2) is 240 Å². The maximum absolute atomic E-state index is 15.0. The summed E-state index contributed by atoms with van der Waals surface area (Å²) >= 11 is 0. The van der Waals surface area contributed by atoms with Crippen molar-refractivity contribution in [3.8, 4) is 56.4 Å². The fraction of sp³-hybridized carbons (Fsp3) is 0. The monoisotopic (exact) mass is 842 g/mol. The fourth-order valence-corrected chi connectivity index (χ4v) is 9.66. The first kappa shape index (κ1) is 38.6. The fourth-order valence-electron chi connectivity index (χ4n) is 8.21. The molecule has 1 aliphatic rings. The van der Waals surface area contributed by atoms with Gasteiger partial charge in [0.15, 0.2) is 11.6 Å². The Morgan fingerprint density at radius 3 is 1.11 bits per heavy atom. The van der Waals surface area contributed by atoms with Crippen LogP contribution in [0.2, 0.25) is 0 Å². The zero-order valence-corrected chi connectivity index (χ0v) is 35.3. The average molecular weight is 843 g/mol. The number of anilines is 6. The molecule has 0 saturated heterocycles. The van der Waals surface area contributed by atoms with Crippen molar-refractivity contribution in [2.45, 2.75) is 9.79 Å². The molecule has 8 aromatic carbocycles. The van der Waals surface area contributed by atoms with E-state index in [1.807, 2.05) is 144 Å². The number of benzene rings is 8. The van der Waals surface area contributed by atoms with Crippen molar-refractivity contribution in [1.82, 2.24) is 19.9 Å². The number of nitrogens with zero attached hydrogens (tertiary/aromatic N) is 6. The normalized spacial score (nSPS) is 12.6. The molecule has 0 amide bonds. The first-order valence-electron chi connectivity index (χ1n) is 21.1. The number of hydrogen-bond donors (Lipinski definition) is 0. The first-order chi connectivity index (χ1) is 31.6. The molecule has 1 atom stereocenters. The lowest BCUT2D eigenvalue weighted by Crippen LogP contribution is -2.16. The Hall–Kier alpha value is -8.33. The third-order valence-corrected chi connectivity index (χ3v) is 12.7. The SMILES string of the molecule is O=S1c2cc(N(c3ccccc3)c3ccccc3)ccc2-c2ccc(N(c3cc(-c4ccccc4)nc(-c4ccccc4)c3)c3nc(-c4ccccc4)nc(-c4ccccc4)n3)cc21. The van der Waals surface area contributed by atoms with Crippen LogP contribution >= 0.6 is 0 Å². The number of para-hydroxylation sites is 2. The Bertz CT molecular complexity index is 3000. The molecule has 1 unspecified atom stereocenters. The highest BCUT2D eigenvalue weighted by Crippen LogP contribution is 2.47. The summed E-state index contributed by atoms with van der Waals surface area (Å²) in [7, 11) is -1.51. The molecule has 0 bridgehead atoms. The lowest BCUT2D eigenvalue weighted by atomic mass is 10.0. The molecule has 2 aromatic heterocycles. The van der Waals surface area contributed by atoms with Gasteiger partial charge in [-0.25, -0.2) is 14.2 Å². The molecule has 0 fully saturated rings. The third-order valence-electron chi connectivity index (χ3n) is 11.3. The van der Waals surface area contributed by atoms with Gasteiger partial charge in [0.2, 0.25) is 5.95 Å². The predicted molar refractivity (Wildman–Crippen MR) is 259 cm³/mol. The van der Waals surface area contributed by atoms with Crippen LogP contribution in [0.5, 0.6) is 0 Å². The van der Waals surface area contributed by atoms with Crippen LogP contribution in [0, 0.1) is 0 Å². The maximum atomic E-state index is 15.0. The zero-order valence-electron chi connectivity index (χ0n) is 34.4. The molecule has 3 heterocycles. The highest BCUT2D eigenvalue weighted by Gasteiger charge is 2.30. The van der Waals surface area contributed by atoms with Gasteiger partial charge in [0, 0.05) is 39.3 Å². The Kier molecular flexibility index (Phi) is 10.2. The lowest BCUT2D eigenvalue weighted by molar-refractivity contribution is 0.685. The average Bonchev–Trinajstić information content (AvgIpc) is 3.65. The summed E-state index contributed by atoms with van der Waals surface area (Å²) in [5.41, 5.74) is 11.5. The van der Waals surface area contributed by atoms with Crippen LogP contribution in [0.25, 0.3) is 56.4 Å². The van der Waals surface area contributed by atoms with E-state index >= 15 is 0 Å². The predicted octanol–water partition coefficient (Wildman–Crippen LogP) is 14.0. The van der Waals surface area contributed by atoms with E-state index in [9.17, 15) is 4.21 Å². The van der Waals surface area contributed by atoms with E-state index in [1.54, 1.807) is 0 Å². The third kappa shape index (κ3) is 7.42. The van der Waals surface area contributed by atoms with E-state index in [1.165, 1.54) is 0 Å². The molecule has 64 heavy (non-hydrogen) atoms. The van der Waals surface area contributed by atoms with Crippen LogP contribution in [0.1, 0.15) is 0 Å². The van der Waals surface area contributed by atoms with Crippen LogP contribution in [0.4, 0.5) is 34.4 Å². The molecule has 1 aliphatic heterocycles. The van der Waals surface area contributed by atoms with Gasteiger partial charge in [0.25, 0.3) is 0 Å². The van der Waals surface area contributed by atoms with Crippen molar-refractivity contribution in [3.63, 3.8) is 0 Å². The van der Waals surface area contributed by atoms with Gasteiger partial charge in [0.1, 0.15) is 0 Å². The summed E-state index contributed by atoms with van der Waals surface area (Å²) in [6.07, 6.45) is 0. The lowest BCUT2D eigenvalue weighted by Gasteiger charge is -2.25. The molecule has 0 spiro atoms. The second kappa shape index (κ2) is 16.9. The molecule has 0 aliphatic carbocycles. The van der Waals surface area contributed by atoms with Gasteiger partial charge in [-0.1, -0.05) is 170 Å². The van der Waals surface area contributed by atoms with Gasteiger partial charge in [-0.05, 0) is 71.8 Å². The van der Waals surface area contributed by atoms with Gasteiger partial charge >= 0.3 is 0 Å². The van der Waals surface area contributed by atoms with Gasteiger partial charge in [-0.15, -0.1) is 0 Å². The molecule has 7 nitrogen and oxygen atoms in total. The molecule has 11 rings (SSSR count). The summed E-state index contributed by atoms with van der Waals surface area (Å²) in [6, 6.07) is 77.4. The molecule has 10 aromatic rings. The minimum absolute atomic E-state index is 0.404. The van der Waals surface area contributed by atoms with Crippen molar-refractivity contribution in [3.05, 3.63) is 231 Å². The molecule has 0 radical (unpaired) electrons. The molecule has 0 N–H and O–H groups in total. The molecular formula is C56H38N6OS. The van der Waals surface area contributed by atoms with Gasteiger partial charge in [-0.2, -0.15) is 9.97 Å². The van der Waals surface area contributed by atoms with Crippen LogP contribution in [-0.2, 0) is 10.8 Å². The molecule has 8 heteroatoms. The van der Waals surface area contributed by atoms with Crippen molar-refractivity contribution >= 4 is 45.2 Å². The molecular weight excluding hydrogens is 805 g/mol. The number of fused-ring (bicyclic) bond motifs is 3. The Balaban J connectivity index is 1.10. The van der Waals surface area contributed by atoms with Crippen molar-refractivity contribution in [2.24, 2.45) is 0 Å². The molecule has 304 valence electrons. The van der Waals surface area contributed by atoms with Crippen LogP contribution < -0.4 is 9.80 Å². The Morgan fingerprint density at radius 2 is 0.688 bits per heavy atom. The van der Waals surface area contributed by atoms with Crippen molar-refractivity contribution in [1.29, 1.82) is 0 Å². The smallest absolute Gasteiger partial charge is 0.238 e. The van der Waals surface area contributed by atoms with E-state index in [0.717, 1.165) is 78.1 Å². The van der Waals surface area contributed by atoms with E-state index < -0.39 is 10.8 Å². The summed E-state index contributed by atoms with van der Waals surface area (Å²) < 4.78 is 15.0. The standard InChI is InChI=1S/C56H38N6OS/c63-64-52-37-45(61(43-27-15-5-16-28-43)44-29-17-6-18-30-44)31-33-48(52)49-34-32-46(38-53(49)64)62(47-35-50(39-19-7-1-8-20-39)57-51(36-47)40-21-9-2-10-22-40)56-59-54(41-23-11-3-12-24-41)58-55(60-56)42-25-13-4-14-26-42/h1-38H. The maximum Gasteiger partial charge on any atom is 0.238 e. The number of rotatable bonds is 10. The highest BCUT2D eigenvalue weighted by molar-refractivity contribution is 7.85. The largest absolute Gasteiger partial charge is 0.310 e. The number of pyridine rings is 1. The minimum atomic E-state index is -1.51. The van der Waals surface area contributed by atoms with Crippen molar-refractivity contribution in [2.75, 3.05) is 9.80 Å². The zero-order chi connectivity index (χ0) is 42.8. The topological polar surface area (TPSA) is 75.1 Å². The van der Waals surface area contributed by atoms with E-state index in [4.69, 9.17) is 19.9 Å². The van der Waals surface area contributed by atoms with E-state index in [-0.39, 0.29) is 0 Å². The van der Waals surface area contributed by atoms with Gasteiger partial charge < -0.3 is 4.90 Å². The quantitative estimate of drug-likeness (QED) is 0.136. The second-order valence-corrected chi connectivity index (χ2v) is 16.7. The number of hydrogen-bond acceptors (Lipinski definition) is 7. The summed E-state index contributed by atoms with van der Waals surface area (Å²) in [5, 5.41) is 0. The van der Waals surface area contributed by atoms with Crippen LogP contribution in [-0.4, -0.2) is 24.1 Å². The highest BCUT2D eigenvalue weighted by atomic mass is 32.2. The Labute approximate surface area is 374 Å². The van der Waals surface area contributed by atoms with Gasteiger partial charge in [-0.3, -0.25) is 4.90 Å². The Morgan fingerprint density at radius 1 is 0.312 bits per heavy atom.